The van der Waals surface area contributed by atoms with Gasteiger partial charge in [-0.25, -0.2) is 4.39 Å². The van der Waals surface area contributed by atoms with E-state index in [1.54, 1.807) is 13.0 Å². The van der Waals surface area contributed by atoms with Crippen LogP contribution in [-0.2, 0) is 9.59 Å². The summed E-state index contributed by atoms with van der Waals surface area (Å²) in [5.74, 6) is -2.41. The van der Waals surface area contributed by atoms with Gasteiger partial charge >= 0.3 is 11.8 Å². The van der Waals surface area contributed by atoms with E-state index >= 15 is 0 Å². The number of hydrogen-bond donors (Lipinski definition) is 3. The van der Waals surface area contributed by atoms with Crippen LogP contribution in [0, 0.1) is 12.7 Å². The lowest BCUT2D eigenvalue weighted by atomic mass is 9.94. The lowest BCUT2D eigenvalue weighted by Crippen LogP contribution is -2.46. The van der Waals surface area contributed by atoms with Gasteiger partial charge in [0, 0.05) is 6.54 Å². The molecule has 23 heavy (non-hydrogen) atoms. The van der Waals surface area contributed by atoms with Crippen molar-refractivity contribution in [1.29, 1.82) is 0 Å². The fourth-order valence-corrected chi connectivity index (χ4v) is 2.80. The largest absolute Gasteiger partial charge is 0.388 e. The zero-order valence-electron chi connectivity index (χ0n) is 13.3. The van der Waals surface area contributed by atoms with E-state index in [1.807, 2.05) is 0 Å². The van der Waals surface area contributed by atoms with Crippen LogP contribution in [0.4, 0.5) is 10.1 Å². The second-order valence-electron chi connectivity index (χ2n) is 6.26. The number of aryl methyl sites for hydroxylation is 1. The zero-order chi connectivity index (χ0) is 16.9. The summed E-state index contributed by atoms with van der Waals surface area (Å²) in [6.07, 6.45) is 5.19. The van der Waals surface area contributed by atoms with Crippen LogP contribution < -0.4 is 10.6 Å². The van der Waals surface area contributed by atoms with E-state index in [0.29, 0.717) is 12.8 Å². The Morgan fingerprint density at radius 2 is 1.83 bits per heavy atom. The number of amides is 2. The van der Waals surface area contributed by atoms with Gasteiger partial charge in [0.1, 0.15) is 5.82 Å². The van der Waals surface area contributed by atoms with Crippen LogP contribution in [0.1, 0.15) is 44.1 Å². The van der Waals surface area contributed by atoms with Gasteiger partial charge in [-0.05, 0) is 37.5 Å². The van der Waals surface area contributed by atoms with Crippen molar-refractivity contribution in [1.82, 2.24) is 5.32 Å². The molecule has 3 N–H and O–H groups in total. The Kier molecular flexibility index (Phi) is 5.71. The lowest BCUT2D eigenvalue weighted by molar-refractivity contribution is -0.137. The Hall–Kier alpha value is -1.95. The summed E-state index contributed by atoms with van der Waals surface area (Å²) in [6.45, 7) is 1.80. The molecule has 0 unspecified atom stereocenters. The summed E-state index contributed by atoms with van der Waals surface area (Å²) in [4.78, 5) is 23.7. The molecule has 0 bridgehead atoms. The Labute approximate surface area is 135 Å². The van der Waals surface area contributed by atoms with E-state index in [-0.39, 0.29) is 12.2 Å². The molecule has 0 saturated heterocycles. The monoisotopic (exact) mass is 322 g/mol. The van der Waals surface area contributed by atoms with Crippen LogP contribution in [-0.4, -0.2) is 29.1 Å². The van der Waals surface area contributed by atoms with Crippen LogP contribution in [0.15, 0.2) is 18.2 Å². The molecule has 1 aromatic carbocycles. The molecule has 0 aromatic heterocycles. The topological polar surface area (TPSA) is 78.4 Å². The summed E-state index contributed by atoms with van der Waals surface area (Å²) in [6, 6.07) is 4.27. The van der Waals surface area contributed by atoms with Gasteiger partial charge in [-0.3, -0.25) is 9.59 Å². The summed E-state index contributed by atoms with van der Waals surface area (Å²) in [5.41, 5.74) is -0.214. The van der Waals surface area contributed by atoms with Gasteiger partial charge < -0.3 is 15.7 Å². The normalized spacial score (nSPS) is 17.2. The maximum Gasteiger partial charge on any atom is 0.313 e. The Morgan fingerprint density at radius 1 is 1.17 bits per heavy atom. The van der Waals surface area contributed by atoms with Crippen molar-refractivity contribution in [3.63, 3.8) is 0 Å². The van der Waals surface area contributed by atoms with Crippen molar-refractivity contribution in [3.8, 4) is 0 Å². The van der Waals surface area contributed by atoms with E-state index in [2.05, 4.69) is 10.6 Å². The van der Waals surface area contributed by atoms with E-state index < -0.39 is 23.2 Å². The quantitative estimate of drug-likeness (QED) is 0.590. The number of hydrogen-bond acceptors (Lipinski definition) is 3. The summed E-state index contributed by atoms with van der Waals surface area (Å²) in [5, 5.41) is 15.2. The van der Waals surface area contributed by atoms with Gasteiger partial charge in [0.2, 0.25) is 0 Å². The highest BCUT2D eigenvalue weighted by Crippen LogP contribution is 2.26. The Morgan fingerprint density at radius 3 is 2.48 bits per heavy atom. The minimum absolute atomic E-state index is 0.0293. The van der Waals surface area contributed by atoms with Crippen molar-refractivity contribution < 1.29 is 19.1 Å². The molecule has 1 fully saturated rings. The molecule has 0 atom stereocenters. The number of carbonyl (C=O) groups excluding carboxylic acids is 2. The number of halogens is 1. The fraction of sp³-hybridized carbons (Fsp3) is 0.529. The summed E-state index contributed by atoms with van der Waals surface area (Å²) < 4.78 is 13.6. The number of benzene rings is 1. The molecule has 126 valence electrons. The average Bonchev–Trinajstić information content (AvgIpc) is 2.73. The first-order chi connectivity index (χ1) is 10.9. The Bertz CT molecular complexity index is 581. The van der Waals surface area contributed by atoms with Crippen LogP contribution in [0.3, 0.4) is 0 Å². The first kappa shape index (κ1) is 17.4. The van der Waals surface area contributed by atoms with E-state index in [0.717, 1.165) is 31.2 Å². The van der Waals surface area contributed by atoms with Gasteiger partial charge in [-0.15, -0.1) is 0 Å². The molecule has 1 aliphatic rings. The molecular weight excluding hydrogens is 299 g/mol. The highest BCUT2D eigenvalue weighted by molar-refractivity contribution is 6.39. The number of nitrogens with one attached hydrogen (secondary N) is 2. The molecule has 1 aromatic rings. The van der Waals surface area contributed by atoms with Gasteiger partial charge in [-0.1, -0.05) is 31.7 Å². The third-order valence-corrected chi connectivity index (χ3v) is 4.19. The maximum absolute atomic E-state index is 13.6. The number of rotatable bonds is 3. The number of carbonyl (C=O) groups is 2. The minimum atomic E-state index is -0.957. The first-order valence-corrected chi connectivity index (χ1v) is 7.97. The van der Waals surface area contributed by atoms with Gasteiger partial charge in [-0.2, -0.15) is 0 Å². The molecule has 1 saturated carbocycles. The SMILES string of the molecule is Cc1ccc(F)c(NC(=O)C(=O)NCC2(O)CCCCCC2)c1. The van der Waals surface area contributed by atoms with E-state index in [4.69, 9.17) is 0 Å². The van der Waals surface area contributed by atoms with Gasteiger partial charge in [0.15, 0.2) is 0 Å². The van der Waals surface area contributed by atoms with E-state index in [9.17, 15) is 19.1 Å². The molecule has 0 radical (unpaired) electrons. The third-order valence-electron chi connectivity index (χ3n) is 4.19. The minimum Gasteiger partial charge on any atom is -0.388 e. The summed E-state index contributed by atoms with van der Waals surface area (Å²) >= 11 is 0. The van der Waals surface area contributed by atoms with Crippen LogP contribution >= 0.6 is 0 Å². The van der Waals surface area contributed by atoms with Crippen LogP contribution in [0.25, 0.3) is 0 Å². The van der Waals surface area contributed by atoms with Crippen molar-refractivity contribution in [2.24, 2.45) is 0 Å². The maximum atomic E-state index is 13.6. The number of aliphatic hydroxyl groups is 1. The highest BCUT2D eigenvalue weighted by Gasteiger charge is 2.29. The average molecular weight is 322 g/mol. The second-order valence-corrected chi connectivity index (χ2v) is 6.26. The molecule has 2 amide bonds. The molecule has 6 heteroatoms. The lowest BCUT2D eigenvalue weighted by Gasteiger charge is -2.26. The molecular formula is C17H23FN2O3. The second kappa shape index (κ2) is 7.55. The molecule has 0 spiro atoms. The standard InChI is InChI=1S/C17H23FN2O3/c1-12-6-7-13(18)14(10-12)20-16(22)15(21)19-11-17(23)8-4-2-3-5-9-17/h6-7,10,23H,2-5,8-9,11H2,1H3,(H,19,21)(H,20,22). The van der Waals surface area contributed by atoms with Crippen molar-refractivity contribution in [2.45, 2.75) is 51.0 Å². The highest BCUT2D eigenvalue weighted by atomic mass is 19.1. The fourth-order valence-electron chi connectivity index (χ4n) is 2.80. The van der Waals surface area contributed by atoms with Crippen LogP contribution in [0.2, 0.25) is 0 Å². The van der Waals surface area contributed by atoms with Crippen LogP contribution in [0.5, 0.6) is 0 Å². The zero-order valence-corrected chi connectivity index (χ0v) is 13.3. The molecule has 5 nitrogen and oxygen atoms in total. The van der Waals surface area contributed by atoms with Crippen molar-refractivity contribution >= 4 is 17.5 Å². The molecule has 2 rings (SSSR count). The number of anilines is 1. The molecule has 0 aliphatic heterocycles. The van der Waals surface area contributed by atoms with E-state index in [1.165, 1.54) is 12.1 Å². The van der Waals surface area contributed by atoms with Crippen molar-refractivity contribution in [2.75, 3.05) is 11.9 Å². The molecule has 0 heterocycles. The third kappa shape index (κ3) is 5.03. The van der Waals surface area contributed by atoms with Gasteiger partial charge in [0.05, 0.1) is 11.3 Å². The Balaban J connectivity index is 1.89. The predicted octanol–water partition coefficient (Wildman–Crippen LogP) is 2.27. The first-order valence-electron chi connectivity index (χ1n) is 7.97. The van der Waals surface area contributed by atoms with Gasteiger partial charge in [0.25, 0.3) is 0 Å². The predicted molar refractivity (Wildman–Crippen MR) is 85.4 cm³/mol. The smallest absolute Gasteiger partial charge is 0.313 e. The summed E-state index contributed by atoms with van der Waals surface area (Å²) in [7, 11) is 0. The molecule has 1 aliphatic carbocycles. The van der Waals surface area contributed by atoms with Crippen molar-refractivity contribution in [3.05, 3.63) is 29.6 Å².